The van der Waals surface area contributed by atoms with Crippen LogP contribution < -0.4 is 0 Å². The highest BCUT2D eigenvalue weighted by molar-refractivity contribution is 5.26. The summed E-state index contributed by atoms with van der Waals surface area (Å²) in [5.74, 6) is 1.99. The average Bonchev–Trinajstić information content (AvgIpc) is 2.36. The molecule has 1 nitrogen and oxygen atoms in total. The Labute approximate surface area is 106 Å². The highest BCUT2D eigenvalue weighted by Crippen LogP contribution is 2.28. The van der Waals surface area contributed by atoms with E-state index in [1.807, 2.05) is 0 Å². The molecule has 1 rings (SSSR count). The summed E-state index contributed by atoms with van der Waals surface area (Å²) in [4.78, 5) is 0. The summed E-state index contributed by atoms with van der Waals surface area (Å²) < 4.78 is 0. The Morgan fingerprint density at radius 1 is 0.941 bits per heavy atom. The highest BCUT2D eigenvalue weighted by atomic mass is 16.3. The van der Waals surface area contributed by atoms with E-state index < -0.39 is 0 Å². The molecule has 0 aliphatic heterocycles. The molecule has 0 bridgehead atoms. The van der Waals surface area contributed by atoms with Crippen molar-refractivity contribution in [2.75, 3.05) is 0 Å². The fraction of sp³-hybridized carbons (Fsp3) is 0.625. The molecule has 1 aromatic carbocycles. The predicted molar refractivity (Wildman–Crippen MR) is 74.3 cm³/mol. The molecule has 0 saturated heterocycles. The molecule has 2 atom stereocenters. The molecule has 0 saturated carbocycles. The molecule has 0 aliphatic carbocycles. The highest BCUT2D eigenvalue weighted by Gasteiger charge is 2.17. The molecule has 0 radical (unpaired) electrons. The third-order valence-electron chi connectivity index (χ3n) is 3.81. The first-order chi connectivity index (χ1) is 8.21. The van der Waals surface area contributed by atoms with Crippen LogP contribution >= 0.6 is 0 Å². The van der Waals surface area contributed by atoms with Crippen LogP contribution in [-0.4, -0.2) is 5.11 Å². The number of rotatable bonds is 7. The van der Waals surface area contributed by atoms with Gasteiger partial charge >= 0.3 is 0 Å². The summed E-state index contributed by atoms with van der Waals surface area (Å²) in [7, 11) is 0. The monoisotopic (exact) mass is 234 g/mol. The van der Waals surface area contributed by atoms with Crippen molar-refractivity contribution in [3.8, 4) is 5.75 Å². The lowest BCUT2D eigenvalue weighted by molar-refractivity contribution is 0.290. The summed E-state index contributed by atoms with van der Waals surface area (Å²) in [6, 6.07) is 7.69. The van der Waals surface area contributed by atoms with Crippen molar-refractivity contribution >= 4 is 0 Å². The Balaban J connectivity index is 2.64. The van der Waals surface area contributed by atoms with E-state index in [0.717, 1.165) is 18.3 Å². The van der Waals surface area contributed by atoms with E-state index >= 15 is 0 Å². The molecule has 1 aromatic rings. The second-order valence-electron chi connectivity index (χ2n) is 5.00. The Morgan fingerprint density at radius 3 is 2.00 bits per heavy atom. The van der Waals surface area contributed by atoms with Gasteiger partial charge in [-0.25, -0.2) is 0 Å². The zero-order valence-electron chi connectivity index (χ0n) is 11.4. The number of aromatic hydroxyl groups is 1. The molecule has 0 fully saturated rings. The molecular formula is C16H26O. The molecule has 0 spiro atoms. The van der Waals surface area contributed by atoms with Gasteiger partial charge in [-0.15, -0.1) is 0 Å². The topological polar surface area (TPSA) is 20.2 Å². The smallest absolute Gasteiger partial charge is 0.115 e. The number of phenolic OH excluding ortho intramolecular Hbond substituents is 1. The molecule has 96 valence electrons. The largest absolute Gasteiger partial charge is 0.508 e. The minimum atomic E-state index is 0.363. The Bertz CT molecular complexity index is 302. The van der Waals surface area contributed by atoms with Gasteiger partial charge in [0.25, 0.3) is 0 Å². The molecule has 2 unspecified atom stereocenters. The third-order valence-corrected chi connectivity index (χ3v) is 3.81. The van der Waals surface area contributed by atoms with Crippen molar-refractivity contribution in [3.05, 3.63) is 29.8 Å². The zero-order valence-corrected chi connectivity index (χ0v) is 11.4. The van der Waals surface area contributed by atoms with Gasteiger partial charge in [-0.3, -0.25) is 0 Å². The zero-order chi connectivity index (χ0) is 12.7. The van der Waals surface area contributed by atoms with E-state index in [9.17, 15) is 5.11 Å². The lowest BCUT2D eigenvalue weighted by Gasteiger charge is -2.25. The first-order valence-corrected chi connectivity index (χ1v) is 6.99. The van der Waals surface area contributed by atoms with Gasteiger partial charge in [-0.2, -0.15) is 0 Å². The van der Waals surface area contributed by atoms with Crippen LogP contribution in [0.15, 0.2) is 24.3 Å². The SMILES string of the molecule is CCCC(CC)C(CC)Cc1ccc(O)cc1. The number of benzene rings is 1. The van der Waals surface area contributed by atoms with Crippen LogP contribution in [0.25, 0.3) is 0 Å². The first kappa shape index (κ1) is 14.1. The van der Waals surface area contributed by atoms with Crippen molar-refractivity contribution in [3.63, 3.8) is 0 Å². The van der Waals surface area contributed by atoms with Gasteiger partial charge in [0.2, 0.25) is 0 Å². The normalized spacial score (nSPS) is 14.5. The Morgan fingerprint density at radius 2 is 1.53 bits per heavy atom. The van der Waals surface area contributed by atoms with Gasteiger partial charge in [-0.1, -0.05) is 58.6 Å². The number of hydrogen-bond acceptors (Lipinski definition) is 1. The molecule has 0 heterocycles. The lowest BCUT2D eigenvalue weighted by atomic mass is 9.81. The summed E-state index contributed by atoms with van der Waals surface area (Å²) in [6.45, 7) is 6.87. The van der Waals surface area contributed by atoms with Crippen LogP contribution in [0.1, 0.15) is 52.0 Å². The number of phenols is 1. The average molecular weight is 234 g/mol. The second-order valence-corrected chi connectivity index (χ2v) is 5.00. The van der Waals surface area contributed by atoms with Crippen molar-refractivity contribution in [1.82, 2.24) is 0 Å². The van der Waals surface area contributed by atoms with Crippen molar-refractivity contribution in [1.29, 1.82) is 0 Å². The maximum Gasteiger partial charge on any atom is 0.115 e. The van der Waals surface area contributed by atoms with Crippen LogP contribution in [0.5, 0.6) is 5.75 Å². The predicted octanol–water partition coefficient (Wildman–Crippen LogP) is 4.79. The van der Waals surface area contributed by atoms with E-state index in [4.69, 9.17) is 0 Å². The van der Waals surface area contributed by atoms with Gasteiger partial charge in [0.05, 0.1) is 0 Å². The van der Waals surface area contributed by atoms with Crippen molar-refractivity contribution < 1.29 is 5.11 Å². The third kappa shape index (κ3) is 4.41. The van der Waals surface area contributed by atoms with Crippen LogP contribution in [0.4, 0.5) is 0 Å². The van der Waals surface area contributed by atoms with Crippen LogP contribution in [0, 0.1) is 11.8 Å². The fourth-order valence-electron chi connectivity index (χ4n) is 2.72. The van der Waals surface area contributed by atoms with Crippen molar-refractivity contribution in [2.45, 2.75) is 52.9 Å². The quantitative estimate of drug-likeness (QED) is 0.719. The minimum Gasteiger partial charge on any atom is -0.508 e. The van der Waals surface area contributed by atoms with Crippen LogP contribution in [0.3, 0.4) is 0 Å². The lowest BCUT2D eigenvalue weighted by Crippen LogP contribution is -2.16. The summed E-state index contributed by atoms with van der Waals surface area (Å²) >= 11 is 0. The maximum absolute atomic E-state index is 9.29. The molecule has 0 aromatic heterocycles. The maximum atomic E-state index is 9.29. The van der Waals surface area contributed by atoms with Crippen molar-refractivity contribution in [2.24, 2.45) is 11.8 Å². The Kier molecular flexibility index (Phi) is 6.10. The summed E-state index contributed by atoms with van der Waals surface area (Å²) in [5.41, 5.74) is 1.35. The van der Waals surface area contributed by atoms with Gasteiger partial charge in [0.15, 0.2) is 0 Å². The molecule has 1 N–H and O–H groups in total. The molecule has 0 aliphatic rings. The van der Waals surface area contributed by atoms with E-state index in [-0.39, 0.29) is 0 Å². The molecule has 17 heavy (non-hydrogen) atoms. The van der Waals surface area contributed by atoms with Gasteiger partial charge in [0.1, 0.15) is 5.75 Å². The Hall–Kier alpha value is -0.980. The van der Waals surface area contributed by atoms with E-state index in [1.165, 1.54) is 31.2 Å². The molecule has 1 heteroatoms. The standard InChI is InChI=1S/C16H26O/c1-4-7-14(5-2)15(6-3)12-13-8-10-16(17)11-9-13/h8-11,14-15,17H,4-7,12H2,1-3H3. The number of hydrogen-bond donors (Lipinski definition) is 1. The second kappa shape index (κ2) is 7.37. The van der Waals surface area contributed by atoms with E-state index in [0.29, 0.717) is 5.75 Å². The first-order valence-electron chi connectivity index (χ1n) is 6.99. The van der Waals surface area contributed by atoms with Gasteiger partial charge < -0.3 is 5.11 Å². The molecule has 0 amide bonds. The van der Waals surface area contributed by atoms with Gasteiger partial charge in [0, 0.05) is 0 Å². The molecular weight excluding hydrogens is 208 g/mol. The van der Waals surface area contributed by atoms with E-state index in [1.54, 1.807) is 12.1 Å². The van der Waals surface area contributed by atoms with Crippen LogP contribution in [-0.2, 0) is 6.42 Å². The summed E-state index contributed by atoms with van der Waals surface area (Å²) in [6.07, 6.45) is 6.30. The van der Waals surface area contributed by atoms with E-state index in [2.05, 4.69) is 32.9 Å². The van der Waals surface area contributed by atoms with Crippen LogP contribution in [0.2, 0.25) is 0 Å². The minimum absolute atomic E-state index is 0.363. The fourth-order valence-corrected chi connectivity index (χ4v) is 2.72. The summed E-state index contributed by atoms with van der Waals surface area (Å²) in [5, 5.41) is 9.29. The van der Waals surface area contributed by atoms with Gasteiger partial charge in [-0.05, 0) is 36.0 Å².